The number of hydrogen-bond donors (Lipinski definition) is 1. The fourth-order valence-electron chi connectivity index (χ4n) is 1.62. The highest BCUT2D eigenvalue weighted by molar-refractivity contribution is 4.63. The minimum Gasteiger partial charge on any atom is -0.328 e. The molecule has 2 nitrogen and oxygen atoms in total. The van der Waals surface area contributed by atoms with Crippen LogP contribution >= 0.6 is 0 Å². The molecule has 0 aromatic heterocycles. The van der Waals surface area contributed by atoms with Gasteiger partial charge in [0, 0.05) is 12.6 Å². The van der Waals surface area contributed by atoms with Gasteiger partial charge < -0.3 is 10.6 Å². The summed E-state index contributed by atoms with van der Waals surface area (Å²) in [6.07, 6.45) is 3.50. The molecule has 0 saturated carbocycles. The van der Waals surface area contributed by atoms with E-state index >= 15 is 0 Å². The first-order chi connectivity index (χ1) is 6.06. The van der Waals surface area contributed by atoms with Crippen LogP contribution in [0.3, 0.4) is 0 Å². The molecular formula is C11H26N2. The van der Waals surface area contributed by atoms with Crippen molar-refractivity contribution in [1.29, 1.82) is 0 Å². The van der Waals surface area contributed by atoms with E-state index in [2.05, 4.69) is 32.7 Å². The van der Waals surface area contributed by atoms with Crippen molar-refractivity contribution in [3.63, 3.8) is 0 Å². The molecule has 0 saturated heterocycles. The third-order valence-electron chi connectivity index (χ3n) is 2.22. The second-order valence-electron chi connectivity index (χ2n) is 4.49. The number of nitrogens with zero attached hydrogens (tertiary/aromatic N) is 1. The Kier molecular flexibility index (Phi) is 7.29. The topological polar surface area (TPSA) is 29.3 Å². The molecule has 0 rings (SSSR count). The van der Waals surface area contributed by atoms with E-state index in [0.29, 0.717) is 6.04 Å². The lowest BCUT2D eigenvalue weighted by molar-refractivity contribution is 0.281. The van der Waals surface area contributed by atoms with Crippen LogP contribution in [0.4, 0.5) is 0 Å². The summed E-state index contributed by atoms with van der Waals surface area (Å²) in [5, 5.41) is 0. The van der Waals surface area contributed by atoms with E-state index in [1.54, 1.807) is 0 Å². The highest BCUT2D eigenvalue weighted by atomic mass is 15.1. The third kappa shape index (κ3) is 8.26. The van der Waals surface area contributed by atoms with Gasteiger partial charge in [-0.1, -0.05) is 27.2 Å². The molecule has 0 aromatic carbocycles. The Balaban J connectivity index is 3.40. The highest BCUT2D eigenvalue weighted by Gasteiger charge is 2.05. The Bertz CT molecular complexity index is 113. The Hall–Kier alpha value is -0.0800. The van der Waals surface area contributed by atoms with Crippen molar-refractivity contribution in [2.45, 2.75) is 46.1 Å². The van der Waals surface area contributed by atoms with Crippen molar-refractivity contribution in [3.8, 4) is 0 Å². The van der Waals surface area contributed by atoms with Crippen LogP contribution in [0.25, 0.3) is 0 Å². The normalized spacial score (nSPS) is 14.1. The molecule has 1 atom stereocenters. The highest BCUT2D eigenvalue weighted by Crippen LogP contribution is 2.01. The first-order valence-corrected chi connectivity index (χ1v) is 5.50. The minimum atomic E-state index is 0.402. The van der Waals surface area contributed by atoms with Crippen LogP contribution < -0.4 is 5.73 Å². The lowest BCUT2D eigenvalue weighted by Crippen LogP contribution is -2.30. The maximum Gasteiger partial charge on any atom is 0.00509 e. The van der Waals surface area contributed by atoms with Gasteiger partial charge in [0.2, 0.25) is 0 Å². The van der Waals surface area contributed by atoms with Gasteiger partial charge in [0.25, 0.3) is 0 Å². The summed E-state index contributed by atoms with van der Waals surface area (Å²) in [6.45, 7) is 9.01. The number of rotatable bonds is 7. The summed E-state index contributed by atoms with van der Waals surface area (Å²) in [5.74, 6) is 0.757. The van der Waals surface area contributed by atoms with E-state index in [1.807, 2.05) is 0 Å². The van der Waals surface area contributed by atoms with Gasteiger partial charge in [0.15, 0.2) is 0 Å². The van der Waals surface area contributed by atoms with Gasteiger partial charge in [-0.25, -0.2) is 0 Å². The van der Waals surface area contributed by atoms with E-state index in [-0.39, 0.29) is 0 Å². The van der Waals surface area contributed by atoms with Crippen LogP contribution in [-0.2, 0) is 0 Å². The molecule has 0 amide bonds. The molecular weight excluding hydrogens is 160 g/mol. The van der Waals surface area contributed by atoms with E-state index in [9.17, 15) is 0 Å². The average molecular weight is 186 g/mol. The maximum absolute atomic E-state index is 5.94. The molecule has 0 aliphatic rings. The van der Waals surface area contributed by atoms with Crippen molar-refractivity contribution >= 4 is 0 Å². The zero-order valence-electron chi connectivity index (χ0n) is 9.71. The number of hydrogen-bond acceptors (Lipinski definition) is 2. The molecule has 13 heavy (non-hydrogen) atoms. The summed E-state index contributed by atoms with van der Waals surface area (Å²) in [6, 6.07) is 0.402. The van der Waals surface area contributed by atoms with Gasteiger partial charge in [0.05, 0.1) is 0 Å². The zero-order valence-corrected chi connectivity index (χ0v) is 9.71. The number of nitrogens with two attached hydrogens (primary N) is 1. The van der Waals surface area contributed by atoms with E-state index in [4.69, 9.17) is 5.73 Å². The van der Waals surface area contributed by atoms with Gasteiger partial charge in [-0.3, -0.25) is 0 Å². The van der Waals surface area contributed by atoms with Gasteiger partial charge in [-0.05, 0) is 32.4 Å². The van der Waals surface area contributed by atoms with E-state index < -0.39 is 0 Å². The third-order valence-corrected chi connectivity index (χ3v) is 2.22. The SMILES string of the molecule is CCCC(N)CCN(C)CC(C)C. The van der Waals surface area contributed by atoms with Crippen LogP contribution in [0.5, 0.6) is 0 Å². The second kappa shape index (κ2) is 7.34. The van der Waals surface area contributed by atoms with Gasteiger partial charge in [-0.2, -0.15) is 0 Å². The molecule has 0 aliphatic carbocycles. The maximum atomic E-state index is 5.94. The van der Waals surface area contributed by atoms with Gasteiger partial charge in [-0.15, -0.1) is 0 Å². The summed E-state index contributed by atoms with van der Waals surface area (Å²) in [4.78, 5) is 2.38. The Morgan fingerprint density at radius 1 is 1.23 bits per heavy atom. The monoisotopic (exact) mass is 186 g/mol. The second-order valence-corrected chi connectivity index (χ2v) is 4.49. The van der Waals surface area contributed by atoms with Gasteiger partial charge in [0.1, 0.15) is 0 Å². The fraction of sp³-hybridized carbons (Fsp3) is 1.00. The molecule has 0 bridgehead atoms. The molecule has 80 valence electrons. The van der Waals surface area contributed by atoms with Crippen LogP contribution in [0.1, 0.15) is 40.0 Å². The van der Waals surface area contributed by atoms with Crippen molar-refractivity contribution in [2.75, 3.05) is 20.1 Å². The van der Waals surface area contributed by atoms with Crippen LogP contribution in [0, 0.1) is 5.92 Å². The van der Waals surface area contributed by atoms with Gasteiger partial charge >= 0.3 is 0 Å². The predicted molar refractivity (Wildman–Crippen MR) is 59.8 cm³/mol. The first-order valence-electron chi connectivity index (χ1n) is 5.50. The first kappa shape index (κ1) is 12.9. The average Bonchev–Trinajstić information content (AvgIpc) is 2.00. The molecule has 0 heterocycles. The predicted octanol–water partition coefficient (Wildman–Crippen LogP) is 2.09. The Morgan fingerprint density at radius 3 is 2.31 bits per heavy atom. The van der Waals surface area contributed by atoms with Crippen molar-refractivity contribution in [1.82, 2.24) is 4.90 Å². The Labute approximate surface area is 83.5 Å². The van der Waals surface area contributed by atoms with Crippen LogP contribution in [0.15, 0.2) is 0 Å². The van der Waals surface area contributed by atoms with Crippen LogP contribution in [0.2, 0.25) is 0 Å². The molecule has 0 spiro atoms. The summed E-state index contributed by atoms with van der Waals surface area (Å²) in [5.41, 5.74) is 5.94. The lowest BCUT2D eigenvalue weighted by atomic mass is 10.1. The Morgan fingerprint density at radius 2 is 1.85 bits per heavy atom. The smallest absolute Gasteiger partial charge is 0.00509 e. The zero-order chi connectivity index (χ0) is 10.3. The van der Waals surface area contributed by atoms with Crippen molar-refractivity contribution in [2.24, 2.45) is 11.7 Å². The molecule has 0 aromatic rings. The fourth-order valence-corrected chi connectivity index (χ4v) is 1.62. The lowest BCUT2D eigenvalue weighted by Gasteiger charge is -2.20. The molecule has 0 fully saturated rings. The summed E-state index contributed by atoms with van der Waals surface area (Å²) >= 11 is 0. The summed E-state index contributed by atoms with van der Waals surface area (Å²) in [7, 11) is 2.18. The molecule has 2 N–H and O–H groups in total. The molecule has 2 heteroatoms. The molecule has 0 radical (unpaired) electrons. The van der Waals surface area contributed by atoms with Crippen molar-refractivity contribution < 1.29 is 0 Å². The summed E-state index contributed by atoms with van der Waals surface area (Å²) < 4.78 is 0. The standard InChI is InChI=1S/C11H26N2/c1-5-6-11(12)7-8-13(4)9-10(2)3/h10-11H,5-9,12H2,1-4H3. The largest absolute Gasteiger partial charge is 0.328 e. The quantitative estimate of drug-likeness (QED) is 0.659. The van der Waals surface area contributed by atoms with E-state index in [0.717, 1.165) is 25.3 Å². The van der Waals surface area contributed by atoms with E-state index in [1.165, 1.54) is 13.0 Å². The van der Waals surface area contributed by atoms with Crippen molar-refractivity contribution in [3.05, 3.63) is 0 Å². The van der Waals surface area contributed by atoms with Crippen LogP contribution in [-0.4, -0.2) is 31.1 Å². The minimum absolute atomic E-state index is 0.402. The molecule has 1 unspecified atom stereocenters. The molecule has 0 aliphatic heterocycles.